The summed E-state index contributed by atoms with van der Waals surface area (Å²) >= 11 is 0. The van der Waals surface area contributed by atoms with Crippen LogP contribution in [0.4, 0.5) is 4.79 Å². The highest BCUT2D eigenvalue weighted by Crippen LogP contribution is 2.30. The Hall–Kier alpha value is -2.99. The topological polar surface area (TPSA) is 112 Å². The minimum atomic E-state index is -4.61. The summed E-state index contributed by atoms with van der Waals surface area (Å²) in [5, 5.41) is 0. The minimum Gasteiger partial charge on any atom is -0.468 e. The molecular weight excluding hydrogens is 500 g/mol. The summed E-state index contributed by atoms with van der Waals surface area (Å²) in [6.07, 6.45) is -2.17. The lowest BCUT2D eigenvalue weighted by atomic mass is 10.00. The van der Waals surface area contributed by atoms with Crippen molar-refractivity contribution < 1.29 is 36.4 Å². The molecule has 0 bridgehead atoms. The molecule has 0 N–H and O–H groups in total. The summed E-state index contributed by atoms with van der Waals surface area (Å²) < 4.78 is 48.4. The van der Waals surface area contributed by atoms with E-state index in [1.54, 1.807) is 32.7 Å². The molecule has 1 aliphatic rings. The number of hydrogen-bond acceptors (Lipinski definition) is 9. The Morgan fingerprint density at radius 3 is 2.16 bits per heavy atom. The number of amides is 1. The number of hydrogen-bond donors (Lipinski definition) is 0. The first kappa shape index (κ1) is 28.6. The van der Waals surface area contributed by atoms with Gasteiger partial charge in [0.1, 0.15) is 23.8 Å². The van der Waals surface area contributed by atoms with E-state index in [0.29, 0.717) is 4.31 Å². The number of carbonyl (C=O) groups excluding carboxylic acids is 2. The quantitative estimate of drug-likeness (QED) is 0.472. The van der Waals surface area contributed by atoms with E-state index in [1.807, 2.05) is 60.7 Å². The van der Waals surface area contributed by atoms with Gasteiger partial charge in [0.2, 0.25) is 0 Å². The normalized spacial score (nSPS) is 20.3. The van der Waals surface area contributed by atoms with Crippen molar-refractivity contribution in [2.24, 2.45) is 0 Å². The number of methoxy groups -OCH3 is 1. The highest BCUT2D eigenvalue weighted by atomic mass is 32.2. The molecule has 0 aromatic heterocycles. The van der Waals surface area contributed by atoms with Crippen molar-refractivity contribution in [3.63, 3.8) is 0 Å². The summed E-state index contributed by atoms with van der Waals surface area (Å²) in [6, 6.07) is 16.0. The van der Waals surface area contributed by atoms with Crippen LogP contribution in [0.1, 0.15) is 31.9 Å². The van der Waals surface area contributed by atoms with Gasteiger partial charge in [-0.2, -0.15) is 12.7 Å². The van der Waals surface area contributed by atoms with Crippen LogP contribution in [-0.2, 0) is 46.6 Å². The van der Waals surface area contributed by atoms with E-state index < -0.39 is 52.8 Å². The summed E-state index contributed by atoms with van der Waals surface area (Å²) in [5.74, 6) is -0.734. The van der Waals surface area contributed by atoms with Crippen molar-refractivity contribution in [2.75, 3.05) is 20.8 Å². The number of nitrogens with zero attached hydrogens (tertiary/aromatic N) is 2. The third-order valence-corrected chi connectivity index (χ3v) is 6.98. The minimum absolute atomic E-state index is 0.101. The molecule has 3 rings (SSSR count). The summed E-state index contributed by atoms with van der Waals surface area (Å²) in [5.41, 5.74) is 0.691. The van der Waals surface area contributed by atoms with Crippen LogP contribution in [0.15, 0.2) is 60.7 Å². The second kappa shape index (κ2) is 12.0. The zero-order chi connectivity index (χ0) is 27.2. The monoisotopic (exact) mass is 534 g/mol. The molecule has 0 radical (unpaired) electrons. The van der Waals surface area contributed by atoms with Gasteiger partial charge < -0.3 is 14.2 Å². The maximum absolute atomic E-state index is 13.3. The molecule has 2 aromatic rings. The fourth-order valence-corrected chi connectivity index (χ4v) is 5.24. The first-order chi connectivity index (χ1) is 17.4. The van der Waals surface area contributed by atoms with Crippen LogP contribution in [-0.4, -0.2) is 74.2 Å². The predicted octanol–water partition coefficient (Wildman–Crippen LogP) is 3.13. The largest absolute Gasteiger partial charge is 0.468 e. The van der Waals surface area contributed by atoms with Gasteiger partial charge in [-0.1, -0.05) is 60.7 Å². The summed E-state index contributed by atoms with van der Waals surface area (Å²) in [7, 11) is -1.75. The molecule has 0 aliphatic carbocycles. The average molecular weight is 535 g/mol. The van der Waals surface area contributed by atoms with Crippen LogP contribution in [0.3, 0.4) is 0 Å². The summed E-state index contributed by atoms with van der Waals surface area (Å²) in [4.78, 5) is 28.1. The molecule has 1 heterocycles. The van der Waals surface area contributed by atoms with E-state index in [2.05, 4.69) is 0 Å². The maximum Gasteiger partial charge on any atom is 0.426 e. The second-order valence-corrected chi connectivity index (χ2v) is 11.2. The van der Waals surface area contributed by atoms with E-state index in [0.717, 1.165) is 11.1 Å². The molecule has 202 valence electrons. The maximum atomic E-state index is 13.3. The van der Waals surface area contributed by atoms with Gasteiger partial charge in [0.05, 0.1) is 20.3 Å². The molecule has 0 saturated carbocycles. The van der Waals surface area contributed by atoms with Crippen LogP contribution in [0, 0.1) is 0 Å². The lowest BCUT2D eigenvalue weighted by Crippen LogP contribution is -2.66. The second-order valence-electron chi connectivity index (χ2n) is 9.71. The zero-order valence-electron chi connectivity index (χ0n) is 21.7. The Morgan fingerprint density at radius 1 is 1.05 bits per heavy atom. The van der Waals surface area contributed by atoms with E-state index in [4.69, 9.17) is 18.4 Å². The van der Waals surface area contributed by atoms with Gasteiger partial charge in [-0.15, -0.1) is 0 Å². The van der Waals surface area contributed by atoms with Crippen molar-refractivity contribution in [3.05, 3.63) is 71.8 Å². The summed E-state index contributed by atoms with van der Waals surface area (Å²) in [6.45, 7) is 4.81. The highest BCUT2D eigenvalue weighted by Gasteiger charge is 2.54. The molecule has 0 unspecified atom stereocenters. The third kappa shape index (κ3) is 7.51. The van der Waals surface area contributed by atoms with Crippen molar-refractivity contribution in [3.8, 4) is 0 Å². The van der Waals surface area contributed by atoms with Crippen LogP contribution < -0.4 is 0 Å². The number of ether oxygens (including phenoxy) is 3. The van der Waals surface area contributed by atoms with Crippen LogP contribution in [0.25, 0.3) is 0 Å². The van der Waals surface area contributed by atoms with Gasteiger partial charge in [-0.3, -0.25) is 13.9 Å². The fraction of sp³-hybridized carbons (Fsp3) is 0.462. The van der Waals surface area contributed by atoms with E-state index in [1.165, 1.54) is 7.11 Å². The van der Waals surface area contributed by atoms with Crippen LogP contribution >= 0.6 is 0 Å². The number of likely N-dealkylation sites (N-methyl/N-ethyl adjacent to an activating group) is 1. The lowest BCUT2D eigenvalue weighted by Gasteiger charge is -2.44. The molecule has 11 heteroatoms. The van der Waals surface area contributed by atoms with Crippen molar-refractivity contribution in [1.29, 1.82) is 0 Å². The average Bonchev–Trinajstić information content (AvgIpc) is 2.83. The molecule has 37 heavy (non-hydrogen) atoms. The molecule has 1 saturated heterocycles. The first-order valence-electron chi connectivity index (χ1n) is 11.8. The zero-order valence-corrected chi connectivity index (χ0v) is 22.5. The predicted molar refractivity (Wildman–Crippen MR) is 135 cm³/mol. The Balaban J connectivity index is 2.05. The fourth-order valence-electron chi connectivity index (χ4n) is 4.05. The van der Waals surface area contributed by atoms with Gasteiger partial charge in [0.15, 0.2) is 0 Å². The number of benzene rings is 2. The van der Waals surface area contributed by atoms with E-state index >= 15 is 0 Å². The molecule has 1 fully saturated rings. The lowest BCUT2D eigenvalue weighted by molar-refractivity contribution is -0.153. The Kier molecular flexibility index (Phi) is 9.30. The Labute approximate surface area is 218 Å². The molecule has 2 aromatic carbocycles. The molecule has 10 nitrogen and oxygen atoms in total. The van der Waals surface area contributed by atoms with Gasteiger partial charge in [0, 0.05) is 6.54 Å². The smallest absolute Gasteiger partial charge is 0.426 e. The van der Waals surface area contributed by atoms with Gasteiger partial charge in [0.25, 0.3) is 0 Å². The van der Waals surface area contributed by atoms with Crippen molar-refractivity contribution in [2.45, 2.75) is 57.7 Å². The highest BCUT2D eigenvalue weighted by molar-refractivity contribution is 7.85. The number of esters is 1. The molecule has 0 spiro atoms. The molecule has 3 atom stereocenters. The third-order valence-electron chi connectivity index (χ3n) is 5.67. The molecule has 1 aliphatic heterocycles. The van der Waals surface area contributed by atoms with Gasteiger partial charge >= 0.3 is 22.4 Å². The van der Waals surface area contributed by atoms with Gasteiger partial charge in [-0.05, 0) is 38.9 Å². The standard InChI is InChI=1S/C26H34N2O8S/c1-26(2,3)36-25(30)28-22(23(24(29)33-5)27(4)16-19-12-8-6-9-13-19)21(18-35-37(28,31)32)34-17-20-14-10-7-11-15-20/h6-15,21-23H,16-18H2,1-5H3/t21-,22+,23-/m1/s1. The molecular formula is C26H34N2O8S. The van der Waals surface area contributed by atoms with Crippen molar-refractivity contribution in [1.82, 2.24) is 9.21 Å². The number of carbonyl (C=O) groups is 2. The Morgan fingerprint density at radius 2 is 1.62 bits per heavy atom. The Bertz CT molecular complexity index is 1150. The van der Waals surface area contributed by atoms with E-state index in [-0.39, 0.29) is 13.2 Å². The first-order valence-corrected chi connectivity index (χ1v) is 13.2. The SMILES string of the molecule is COC(=O)[C@@H]([C@@H]1[C@H](OCc2ccccc2)COS(=O)(=O)N1C(=O)OC(C)(C)C)N(C)Cc1ccccc1. The van der Waals surface area contributed by atoms with Crippen LogP contribution in [0.5, 0.6) is 0 Å². The van der Waals surface area contributed by atoms with E-state index in [9.17, 15) is 18.0 Å². The number of rotatable bonds is 8. The van der Waals surface area contributed by atoms with Crippen LogP contribution in [0.2, 0.25) is 0 Å². The van der Waals surface area contributed by atoms with Crippen molar-refractivity contribution >= 4 is 22.4 Å². The molecule has 1 amide bonds. The van der Waals surface area contributed by atoms with Gasteiger partial charge in [-0.25, -0.2) is 4.79 Å².